The molecule has 4 N–H and O–H groups in total. The number of anilines is 3. The highest BCUT2D eigenvalue weighted by Gasteiger charge is 2.16. The fourth-order valence-corrected chi connectivity index (χ4v) is 3.83. The Morgan fingerprint density at radius 3 is 2.54 bits per heavy atom. The van der Waals surface area contributed by atoms with Gasteiger partial charge in [-0.1, -0.05) is 18.2 Å². The first-order valence-electron chi connectivity index (χ1n) is 11.8. The van der Waals surface area contributed by atoms with E-state index in [1.165, 1.54) is 0 Å². The van der Waals surface area contributed by atoms with Crippen LogP contribution in [0.1, 0.15) is 36.5 Å². The zero-order valence-corrected chi connectivity index (χ0v) is 21.6. The van der Waals surface area contributed by atoms with Crippen molar-refractivity contribution in [3.63, 3.8) is 0 Å². The van der Waals surface area contributed by atoms with Crippen LogP contribution in [0.5, 0.6) is 5.75 Å². The van der Waals surface area contributed by atoms with Gasteiger partial charge in [-0.2, -0.15) is 0 Å². The molecule has 0 bridgehead atoms. The Kier molecular flexibility index (Phi) is 8.65. The van der Waals surface area contributed by atoms with Gasteiger partial charge in [0.1, 0.15) is 11.6 Å². The van der Waals surface area contributed by atoms with E-state index in [-0.39, 0.29) is 6.04 Å². The maximum atomic E-state index is 8.81. The van der Waals surface area contributed by atoms with Crippen LogP contribution >= 0.6 is 0 Å². The molecular weight excluding hydrogens is 438 g/mol. The summed E-state index contributed by atoms with van der Waals surface area (Å²) in [5.74, 6) is 1.34. The third-order valence-electron chi connectivity index (χ3n) is 5.67. The maximum Gasteiger partial charge on any atom is 0.133 e. The molecule has 35 heavy (non-hydrogen) atoms. The molecule has 1 heterocycles. The molecule has 0 saturated heterocycles. The molecule has 8 heteroatoms. The van der Waals surface area contributed by atoms with Crippen molar-refractivity contribution in [1.82, 2.24) is 14.9 Å². The van der Waals surface area contributed by atoms with Gasteiger partial charge >= 0.3 is 0 Å². The highest BCUT2D eigenvalue weighted by atomic mass is 16.5. The van der Waals surface area contributed by atoms with E-state index in [9.17, 15) is 0 Å². The van der Waals surface area contributed by atoms with Crippen LogP contribution < -0.4 is 20.7 Å². The van der Waals surface area contributed by atoms with Crippen molar-refractivity contribution in [2.24, 2.45) is 0 Å². The summed E-state index contributed by atoms with van der Waals surface area (Å²) in [6.07, 6.45) is 2.14. The SMILES string of the molecule is COc1cc(N(C)CCN(C)C)c(N)cc1Cc1nccc(C(=N)c2ccccc2NC(C)C)n1. The van der Waals surface area contributed by atoms with Crippen molar-refractivity contribution in [2.45, 2.75) is 26.3 Å². The lowest BCUT2D eigenvalue weighted by Crippen LogP contribution is -2.29. The maximum absolute atomic E-state index is 8.81. The predicted octanol–water partition coefficient (Wildman–Crippen LogP) is 3.89. The van der Waals surface area contributed by atoms with E-state index in [0.717, 1.165) is 41.3 Å². The Morgan fingerprint density at radius 2 is 1.86 bits per heavy atom. The first-order valence-corrected chi connectivity index (χ1v) is 11.8. The number of para-hydroxylation sites is 1. The molecule has 0 fully saturated rings. The third kappa shape index (κ3) is 6.70. The van der Waals surface area contributed by atoms with Crippen LogP contribution in [0.15, 0.2) is 48.7 Å². The molecule has 0 aliphatic heterocycles. The van der Waals surface area contributed by atoms with Crippen molar-refractivity contribution in [2.75, 3.05) is 57.3 Å². The van der Waals surface area contributed by atoms with Crippen molar-refractivity contribution in [1.29, 1.82) is 5.41 Å². The van der Waals surface area contributed by atoms with E-state index in [1.807, 2.05) is 57.5 Å². The summed E-state index contributed by atoms with van der Waals surface area (Å²) < 4.78 is 5.69. The van der Waals surface area contributed by atoms with Crippen LogP contribution in [-0.2, 0) is 6.42 Å². The summed E-state index contributed by atoms with van der Waals surface area (Å²) in [7, 11) is 7.78. The lowest BCUT2D eigenvalue weighted by molar-refractivity contribution is 0.409. The Bertz CT molecular complexity index is 1160. The van der Waals surface area contributed by atoms with Gasteiger partial charge in [-0.15, -0.1) is 0 Å². The molecule has 8 nitrogen and oxygen atoms in total. The minimum Gasteiger partial charge on any atom is -0.496 e. The second kappa shape index (κ2) is 11.7. The van der Waals surface area contributed by atoms with E-state index < -0.39 is 0 Å². The van der Waals surface area contributed by atoms with E-state index in [4.69, 9.17) is 20.9 Å². The summed E-state index contributed by atoms with van der Waals surface area (Å²) in [5, 5.41) is 12.2. The number of hydrogen-bond donors (Lipinski definition) is 3. The number of nitrogen functional groups attached to an aromatic ring is 1. The number of methoxy groups -OCH3 is 1. The quantitative estimate of drug-likeness (QED) is 0.285. The topological polar surface area (TPSA) is 103 Å². The Morgan fingerprint density at radius 1 is 1.11 bits per heavy atom. The molecule has 2 aromatic carbocycles. The molecule has 1 aromatic heterocycles. The Hall–Kier alpha value is -3.65. The number of ether oxygens (including phenoxy) is 1. The normalized spacial score (nSPS) is 11.1. The Balaban J connectivity index is 1.86. The van der Waals surface area contributed by atoms with Crippen molar-refractivity contribution < 1.29 is 4.74 Å². The molecule has 0 aliphatic rings. The van der Waals surface area contributed by atoms with E-state index in [2.05, 4.69) is 33.9 Å². The van der Waals surface area contributed by atoms with Crippen LogP contribution in [0.3, 0.4) is 0 Å². The molecule has 0 spiro atoms. The average Bonchev–Trinajstić information content (AvgIpc) is 2.82. The van der Waals surface area contributed by atoms with Gasteiger partial charge in [0.2, 0.25) is 0 Å². The highest BCUT2D eigenvalue weighted by molar-refractivity contribution is 6.12. The van der Waals surface area contributed by atoms with Gasteiger partial charge in [0, 0.05) is 61.7 Å². The van der Waals surface area contributed by atoms with Crippen LogP contribution in [0.25, 0.3) is 0 Å². The molecular formula is C27H37N7O. The summed E-state index contributed by atoms with van der Waals surface area (Å²) in [5.41, 5.74) is 11.6. The molecule has 0 atom stereocenters. The first-order chi connectivity index (χ1) is 16.7. The van der Waals surface area contributed by atoms with Crippen molar-refractivity contribution in [3.8, 4) is 5.75 Å². The molecule has 0 saturated carbocycles. The average molecular weight is 476 g/mol. The number of nitrogens with one attached hydrogen (secondary N) is 2. The van der Waals surface area contributed by atoms with Crippen LogP contribution in [0.2, 0.25) is 0 Å². The smallest absolute Gasteiger partial charge is 0.133 e. The number of nitrogens with zero attached hydrogens (tertiary/aromatic N) is 4. The van der Waals surface area contributed by atoms with Crippen molar-refractivity contribution in [3.05, 3.63) is 71.3 Å². The van der Waals surface area contributed by atoms with Crippen LogP contribution in [-0.4, -0.2) is 68.0 Å². The summed E-state index contributed by atoms with van der Waals surface area (Å²) in [4.78, 5) is 13.4. The molecule has 0 amide bonds. The van der Waals surface area contributed by atoms with Gasteiger partial charge in [0.05, 0.1) is 29.9 Å². The van der Waals surface area contributed by atoms with E-state index in [1.54, 1.807) is 19.4 Å². The van der Waals surface area contributed by atoms with Gasteiger partial charge in [0.25, 0.3) is 0 Å². The fraction of sp³-hybridized carbons (Fsp3) is 0.370. The lowest BCUT2D eigenvalue weighted by atomic mass is 10.0. The number of benzene rings is 2. The summed E-state index contributed by atoms with van der Waals surface area (Å²) in [6, 6.07) is 13.7. The largest absolute Gasteiger partial charge is 0.496 e. The summed E-state index contributed by atoms with van der Waals surface area (Å²) >= 11 is 0. The minimum absolute atomic E-state index is 0.257. The molecule has 3 rings (SSSR count). The highest BCUT2D eigenvalue weighted by Crippen LogP contribution is 2.32. The molecule has 0 radical (unpaired) electrons. The number of rotatable bonds is 11. The van der Waals surface area contributed by atoms with Gasteiger partial charge in [-0.05, 0) is 46.1 Å². The predicted molar refractivity (Wildman–Crippen MR) is 145 cm³/mol. The second-order valence-electron chi connectivity index (χ2n) is 9.20. The number of aromatic nitrogens is 2. The van der Waals surface area contributed by atoms with Gasteiger partial charge in [-0.3, -0.25) is 5.41 Å². The zero-order chi connectivity index (χ0) is 25.5. The minimum atomic E-state index is 0.257. The molecule has 3 aromatic rings. The third-order valence-corrected chi connectivity index (χ3v) is 5.67. The fourth-order valence-electron chi connectivity index (χ4n) is 3.83. The first kappa shape index (κ1) is 26.0. The molecule has 0 aliphatic carbocycles. The van der Waals surface area contributed by atoms with E-state index in [0.29, 0.717) is 29.3 Å². The zero-order valence-electron chi connectivity index (χ0n) is 21.6. The van der Waals surface area contributed by atoms with Gasteiger partial charge in [-0.25, -0.2) is 9.97 Å². The number of nitrogens with two attached hydrogens (primary N) is 1. The standard InChI is InChI=1S/C27H37N7O/c1-18(2)31-22-10-8-7-9-20(22)27(29)23-11-12-30-26(32-23)16-19-15-21(28)24(17-25(19)35-6)34(5)14-13-33(3)4/h7-12,15,17-18,29,31H,13-14,16,28H2,1-6H3. The van der Waals surface area contributed by atoms with Crippen LogP contribution in [0.4, 0.5) is 17.1 Å². The number of hydrogen-bond acceptors (Lipinski definition) is 8. The Labute approximate surface area is 208 Å². The lowest BCUT2D eigenvalue weighted by Gasteiger charge is -2.24. The van der Waals surface area contributed by atoms with E-state index >= 15 is 0 Å². The van der Waals surface area contributed by atoms with Gasteiger partial charge in [0.15, 0.2) is 0 Å². The van der Waals surface area contributed by atoms with Crippen LogP contribution in [0, 0.1) is 5.41 Å². The van der Waals surface area contributed by atoms with Gasteiger partial charge < -0.3 is 25.6 Å². The second-order valence-corrected chi connectivity index (χ2v) is 9.20. The molecule has 0 unspecified atom stereocenters. The summed E-state index contributed by atoms with van der Waals surface area (Å²) in [6.45, 7) is 5.92. The number of likely N-dealkylation sites (N-methyl/N-ethyl adjacent to an activating group) is 2. The monoisotopic (exact) mass is 475 g/mol. The molecule has 186 valence electrons. The van der Waals surface area contributed by atoms with Crippen molar-refractivity contribution >= 4 is 22.8 Å².